The fraction of sp³-hybridized carbons (Fsp3) is 0.346. The Morgan fingerprint density at radius 3 is 2.39 bits per heavy atom. The lowest BCUT2D eigenvalue weighted by Crippen LogP contribution is -2.37. The summed E-state index contributed by atoms with van der Waals surface area (Å²) in [5, 5.41) is 9.78. The summed E-state index contributed by atoms with van der Waals surface area (Å²) in [5.41, 5.74) is 1.34. The third kappa shape index (κ3) is 6.92. The zero-order chi connectivity index (χ0) is 23.6. The molecule has 1 unspecified atom stereocenters. The van der Waals surface area contributed by atoms with Crippen LogP contribution in [0.25, 0.3) is 6.08 Å². The molecule has 0 bridgehead atoms. The highest BCUT2D eigenvalue weighted by Crippen LogP contribution is 2.38. The standard InChI is InChI=1S/C26H29NO4S2/c1-2-3-4-5-6-10-17-31-21-15-13-19(14-16-21)18-22-24(28)27(26(32)33-22)23(25(29)30)20-11-8-7-9-12-20/h7-9,11-16,18,23H,2-6,10,17H2,1H3,(H,29,30)/b22-18-. The molecule has 0 radical (unpaired) electrons. The molecule has 5 nitrogen and oxygen atoms in total. The monoisotopic (exact) mass is 483 g/mol. The van der Waals surface area contributed by atoms with Gasteiger partial charge in [-0.1, -0.05) is 105 Å². The van der Waals surface area contributed by atoms with Crippen LogP contribution in [0.5, 0.6) is 5.75 Å². The largest absolute Gasteiger partial charge is 0.494 e. The van der Waals surface area contributed by atoms with E-state index >= 15 is 0 Å². The van der Waals surface area contributed by atoms with Crippen LogP contribution in [-0.2, 0) is 9.59 Å². The first-order valence-corrected chi connectivity index (χ1v) is 12.5. The molecule has 7 heteroatoms. The van der Waals surface area contributed by atoms with E-state index in [2.05, 4.69) is 6.92 Å². The molecule has 3 rings (SSSR count). The molecule has 174 valence electrons. The molecule has 1 amide bonds. The van der Waals surface area contributed by atoms with Crippen LogP contribution >= 0.6 is 24.0 Å². The number of benzene rings is 2. The van der Waals surface area contributed by atoms with Crippen molar-refractivity contribution in [1.82, 2.24) is 4.90 Å². The maximum Gasteiger partial charge on any atom is 0.331 e. The van der Waals surface area contributed by atoms with Crippen LogP contribution in [0.15, 0.2) is 59.5 Å². The van der Waals surface area contributed by atoms with Gasteiger partial charge < -0.3 is 9.84 Å². The van der Waals surface area contributed by atoms with Crippen LogP contribution in [0.1, 0.15) is 62.6 Å². The summed E-state index contributed by atoms with van der Waals surface area (Å²) in [6.07, 6.45) is 9.04. The Morgan fingerprint density at radius 1 is 1.06 bits per heavy atom. The number of hydrogen-bond acceptors (Lipinski definition) is 5. The fourth-order valence-electron chi connectivity index (χ4n) is 3.62. The van der Waals surface area contributed by atoms with Crippen molar-refractivity contribution in [3.05, 3.63) is 70.6 Å². The fourth-order valence-corrected chi connectivity index (χ4v) is 4.94. The van der Waals surface area contributed by atoms with Gasteiger partial charge in [-0.2, -0.15) is 0 Å². The number of carbonyl (C=O) groups excluding carboxylic acids is 1. The van der Waals surface area contributed by atoms with E-state index in [0.29, 0.717) is 17.1 Å². The average Bonchev–Trinajstić information content (AvgIpc) is 3.08. The molecule has 1 heterocycles. The van der Waals surface area contributed by atoms with E-state index in [4.69, 9.17) is 17.0 Å². The van der Waals surface area contributed by atoms with Crippen molar-refractivity contribution in [3.63, 3.8) is 0 Å². The van der Waals surface area contributed by atoms with Crippen molar-refractivity contribution < 1.29 is 19.4 Å². The van der Waals surface area contributed by atoms with E-state index in [-0.39, 0.29) is 4.32 Å². The van der Waals surface area contributed by atoms with Gasteiger partial charge in [-0.3, -0.25) is 9.69 Å². The number of amides is 1. The first-order valence-electron chi connectivity index (χ1n) is 11.3. The number of carboxylic acid groups (broad SMARTS) is 1. The predicted molar refractivity (Wildman–Crippen MR) is 137 cm³/mol. The molecular weight excluding hydrogens is 454 g/mol. The molecule has 0 spiro atoms. The SMILES string of the molecule is CCCCCCCCOc1ccc(/C=C2\SC(=S)N(C(C(=O)O)c3ccccc3)C2=O)cc1. The van der Waals surface area contributed by atoms with Crippen LogP contribution in [0.3, 0.4) is 0 Å². The van der Waals surface area contributed by atoms with Crippen molar-refractivity contribution in [1.29, 1.82) is 0 Å². The first kappa shape index (κ1) is 25.0. The minimum atomic E-state index is -1.15. The Balaban J connectivity index is 1.61. The summed E-state index contributed by atoms with van der Waals surface area (Å²) in [6.45, 7) is 2.91. The highest BCUT2D eigenvalue weighted by molar-refractivity contribution is 8.26. The lowest BCUT2D eigenvalue weighted by atomic mass is 10.1. The highest BCUT2D eigenvalue weighted by atomic mass is 32.2. The molecule has 0 aliphatic carbocycles. The number of thiocarbonyl (C=S) groups is 1. The quantitative estimate of drug-likeness (QED) is 0.212. The average molecular weight is 484 g/mol. The molecule has 0 aromatic heterocycles. The van der Waals surface area contributed by atoms with Gasteiger partial charge in [0.15, 0.2) is 6.04 Å². The molecule has 1 N–H and O–H groups in total. The molecule has 1 fully saturated rings. The molecule has 1 atom stereocenters. The van der Waals surface area contributed by atoms with Crippen LogP contribution < -0.4 is 4.74 Å². The highest BCUT2D eigenvalue weighted by Gasteiger charge is 2.41. The van der Waals surface area contributed by atoms with E-state index in [1.165, 1.54) is 37.0 Å². The van der Waals surface area contributed by atoms with Gasteiger partial charge in [-0.05, 0) is 35.8 Å². The normalized spacial score (nSPS) is 15.8. The molecule has 33 heavy (non-hydrogen) atoms. The topological polar surface area (TPSA) is 66.8 Å². The summed E-state index contributed by atoms with van der Waals surface area (Å²) in [4.78, 5) is 26.6. The third-order valence-corrected chi connectivity index (χ3v) is 6.71. The maximum absolute atomic E-state index is 13.0. The number of nitrogens with zero attached hydrogens (tertiary/aromatic N) is 1. The number of thioether (sulfide) groups is 1. The molecule has 1 saturated heterocycles. The van der Waals surface area contributed by atoms with Gasteiger partial charge in [0.1, 0.15) is 10.1 Å². The third-order valence-electron chi connectivity index (χ3n) is 5.38. The Bertz CT molecular complexity index is 989. The molecule has 1 aliphatic heterocycles. The summed E-state index contributed by atoms with van der Waals surface area (Å²) in [7, 11) is 0. The predicted octanol–water partition coefficient (Wildman–Crippen LogP) is 6.45. The van der Waals surface area contributed by atoms with Gasteiger partial charge in [0, 0.05) is 0 Å². The van der Waals surface area contributed by atoms with Gasteiger partial charge in [-0.15, -0.1) is 0 Å². The minimum absolute atomic E-state index is 0.237. The molecule has 2 aromatic rings. The number of unbranched alkanes of at least 4 members (excludes halogenated alkanes) is 5. The zero-order valence-electron chi connectivity index (χ0n) is 18.7. The van der Waals surface area contributed by atoms with Crippen molar-refractivity contribution >= 4 is 46.3 Å². The second kappa shape index (κ2) is 12.6. The Kier molecular flexibility index (Phi) is 9.51. The Labute approximate surface area is 204 Å². The van der Waals surface area contributed by atoms with Gasteiger partial charge in [0.05, 0.1) is 11.5 Å². The van der Waals surface area contributed by atoms with E-state index in [1.807, 2.05) is 24.3 Å². The molecule has 1 aliphatic rings. The summed E-state index contributed by atoms with van der Waals surface area (Å²) < 4.78 is 6.05. The Morgan fingerprint density at radius 2 is 1.73 bits per heavy atom. The van der Waals surface area contributed by atoms with Gasteiger partial charge in [-0.25, -0.2) is 4.79 Å². The molecule has 2 aromatic carbocycles. The van der Waals surface area contributed by atoms with E-state index in [9.17, 15) is 14.7 Å². The van der Waals surface area contributed by atoms with Crippen molar-refractivity contribution in [2.24, 2.45) is 0 Å². The maximum atomic E-state index is 13.0. The summed E-state index contributed by atoms with van der Waals surface area (Å²) in [6, 6.07) is 15.0. The molecule has 0 saturated carbocycles. The van der Waals surface area contributed by atoms with Gasteiger partial charge in [0.2, 0.25) is 0 Å². The van der Waals surface area contributed by atoms with Crippen molar-refractivity contribution in [2.75, 3.05) is 6.61 Å². The summed E-state index contributed by atoms with van der Waals surface area (Å²) >= 11 is 6.48. The van der Waals surface area contributed by atoms with Crippen LogP contribution in [0.2, 0.25) is 0 Å². The lowest BCUT2D eigenvalue weighted by Gasteiger charge is -2.23. The van der Waals surface area contributed by atoms with Crippen molar-refractivity contribution in [2.45, 2.75) is 51.5 Å². The number of aliphatic carboxylic acids is 1. The number of hydrogen-bond donors (Lipinski definition) is 1. The Hall–Kier alpha value is -2.64. The van der Waals surface area contributed by atoms with Crippen LogP contribution in [0.4, 0.5) is 0 Å². The van der Waals surface area contributed by atoms with Crippen LogP contribution in [0, 0.1) is 0 Å². The molecular formula is C26H29NO4S2. The second-order valence-electron chi connectivity index (χ2n) is 7.89. The smallest absolute Gasteiger partial charge is 0.331 e. The minimum Gasteiger partial charge on any atom is -0.494 e. The van der Waals surface area contributed by atoms with E-state index in [0.717, 1.165) is 29.5 Å². The van der Waals surface area contributed by atoms with Crippen molar-refractivity contribution in [3.8, 4) is 5.75 Å². The van der Waals surface area contributed by atoms with E-state index in [1.54, 1.807) is 36.4 Å². The second-order valence-corrected chi connectivity index (χ2v) is 9.56. The first-order chi connectivity index (χ1) is 16.0. The number of rotatable bonds is 12. The van der Waals surface area contributed by atoms with Crippen LogP contribution in [-0.4, -0.2) is 32.8 Å². The number of carboxylic acids is 1. The van der Waals surface area contributed by atoms with Gasteiger partial charge >= 0.3 is 5.97 Å². The zero-order valence-corrected chi connectivity index (χ0v) is 20.4. The lowest BCUT2D eigenvalue weighted by molar-refractivity contribution is -0.145. The summed E-state index contributed by atoms with van der Waals surface area (Å²) in [5.74, 6) is -0.724. The van der Waals surface area contributed by atoms with E-state index < -0.39 is 17.9 Å². The van der Waals surface area contributed by atoms with Gasteiger partial charge in [0.25, 0.3) is 5.91 Å². The number of carbonyl (C=O) groups is 2. The number of ether oxygens (including phenoxy) is 1.